The van der Waals surface area contributed by atoms with Crippen LogP contribution in [0.4, 0.5) is 0 Å². The van der Waals surface area contributed by atoms with Crippen LogP contribution in [0.5, 0.6) is 0 Å². The molecule has 0 aromatic rings. The third kappa shape index (κ3) is 34.8. The molecule has 0 unspecified atom stereocenters. The van der Waals surface area contributed by atoms with Crippen LogP contribution < -0.4 is 0 Å². The highest BCUT2D eigenvalue weighted by molar-refractivity contribution is 5.71. The van der Waals surface area contributed by atoms with E-state index < -0.39 is 92.5 Å². The lowest BCUT2D eigenvalue weighted by molar-refractivity contribution is -0.384. The van der Waals surface area contributed by atoms with Crippen molar-refractivity contribution in [1.29, 1.82) is 0 Å². The zero-order valence-corrected chi connectivity index (χ0v) is 51.6. The SMILES string of the molecule is CCCCCCCCCCCCCCCCCC(=O)OC[C@@]1(O[C@H]2O[C@H](CO)[C@@H](O)[C@H](O)[C@H]2O)O[C@H](CO)[C@@H](OC(=O)CCCCCCCCCCCCCCCCC)[C@@H]1OC(=O)CCCCCCCCCCCCCCCCC. The molecule has 0 aromatic carbocycles. The molecule has 0 bridgehead atoms. The van der Waals surface area contributed by atoms with E-state index in [4.69, 9.17) is 28.4 Å². The molecular formula is C66H124O14. The van der Waals surface area contributed by atoms with Gasteiger partial charge in [0.15, 0.2) is 18.5 Å². The quantitative estimate of drug-likeness (QED) is 0.0218. The van der Waals surface area contributed by atoms with Gasteiger partial charge in [0.25, 0.3) is 0 Å². The first-order chi connectivity index (χ1) is 39.1. The Morgan fingerprint density at radius 1 is 0.375 bits per heavy atom. The van der Waals surface area contributed by atoms with Crippen molar-refractivity contribution in [1.82, 2.24) is 0 Å². The summed E-state index contributed by atoms with van der Waals surface area (Å²) in [5.74, 6) is -4.15. The van der Waals surface area contributed by atoms with E-state index in [-0.39, 0.29) is 19.3 Å². The molecule has 9 atom stereocenters. The third-order valence-electron chi connectivity index (χ3n) is 16.7. The highest BCUT2D eigenvalue weighted by atomic mass is 16.8. The summed E-state index contributed by atoms with van der Waals surface area (Å²) in [6.07, 6.45) is 40.0. The van der Waals surface area contributed by atoms with Crippen molar-refractivity contribution >= 4 is 17.9 Å². The number of carbonyl (C=O) groups excluding carboxylic acids is 3. The fourth-order valence-electron chi connectivity index (χ4n) is 11.5. The summed E-state index contributed by atoms with van der Waals surface area (Å²) in [5, 5.41) is 53.4. The van der Waals surface area contributed by atoms with E-state index in [9.17, 15) is 39.9 Å². The van der Waals surface area contributed by atoms with Gasteiger partial charge in [-0.2, -0.15) is 0 Å². The molecule has 2 aliphatic rings. The summed E-state index contributed by atoms with van der Waals surface area (Å²) in [6.45, 7) is 4.56. The Morgan fingerprint density at radius 3 is 1.00 bits per heavy atom. The number of hydrogen-bond donors (Lipinski definition) is 5. The van der Waals surface area contributed by atoms with Crippen LogP contribution in [0.1, 0.15) is 329 Å². The van der Waals surface area contributed by atoms with E-state index in [1.54, 1.807) is 0 Å². The van der Waals surface area contributed by atoms with Crippen LogP contribution in [0.2, 0.25) is 0 Å². The molecule has 0 spiro atoms. The average molecular weight is 1140 g/mol. The lowest BCUT2D eigenvalue weighted by Gasteiger charge is -2.43. The Kier molecular flexibility index (Phi) is 46.8. The van der Waals surface area contributed by atoms with Gasteiger partial charge in [-0.15, -0.1) is 0 Å². The van der Waals surface area contributed by atoms with Crippen LogP contribution in [-0.4, -0.2) is 118 Å². The van der Waals surface area contributed by atoms with Gasteiger partial charge in [-0.3, -0.25) is 14.4 Å². The van der Waals surface area contributed by atoms with E-state index in [0.29, 0.717) is 19.3 Å². The van der Waals surface area contributed by atoms with Gasteiger partial charge in [-0.25, -0.2) is 0 Å². The summed E-state index contributed by atoms with van der Waals surface area (Å²) in [7, 11) is 0. The van der Waals surface area contributed by atoms with Gasteiger partial charge in [0.2, 0.25) is 5.79 Å². The number of aliphatic hydroxyl groups is 5. The Hall–Kier alpha value is -1.91. The summed E-state index contributed by atoms with van der Waals surface area (Å²) >= 11 is 0. The van der Waals surface area contributed by atoms with E-state index in [1.807, 2.05) is 0 Å². The van der Waals surface area contributed by atoms with Gasteiger partial charge in [-0.1, -0.05) is 290 Å². The van der Waals surface area contributed by atoms with Crippen molar-refractivity contribution < 1.29 is 68.3 Å². The van der Waals surface area contributed by atoms with Crippen molar-refractivity contribution in [2.24, 2.45) is 0 Å². The zero-order chi connectivity index (χ0) is 58.2. The van der Waals surface area contributed by atoms with Crippen LogP contribution in [0.25, 0.3) is 0 Å². The fraction of sp³-hybridized carbons (Fsp3) is 0.955. The van der Waals surface area contributed by atoms with E-state index in [1.165, 1.54) is 193 Å². The Balaban J connectivity index is 2.08. The minimum Gasteiger partial charge on any atom is -0.460 e. The maximum absolute atomic E-state index is 13.9. The van der Waals surface area contributed by atoms with Crippen molar-refractivity contribution in [2.75, 3.05) is 19.8 Å². The topological polar surface area (TPSA) is 208 Å². The smallest absolute Gasteiger partial charge is 0.306 e. The van der Waals surface area contributed by atoms with Gasteiger partial charge in [0.05, 0.1) is 13.2 Å². The van der Waals surface area contributed by atoms with Gasteiger partial charge in [0, 0.05) is 19.3 Å². The summed E-state index contributed by atoms with van der Waals surface area (Å²) in [4.78, 5) is 41.1. The minimum atomic E-state index is -2.32. The minimum absolute atomic E-state index is 0.0213. The van der Waals surface area contributed by atoms with E-state index >= 15 is 0 Å². The van der Waals surface area contributed by atoms with Crippen LogP contribution in [0.3, 0.4) is 0 Å². The molecule has 2 aliphatic heterocycles. The van der Waals surface area contributed by atoms with E-state index in [2.05, 4.69) is 20.8 Å². The molecule has 0 amide bonds. The molecule has 14 nitrogen and oxygen atoms in total. The predicted molar refractivity (Wildman–Crippen MR) is 319 cm³/mol. The highest BCUT2D eigenvalue weighted by Crippen LogP contribution is 2.41. The number of ether oxygens (including phenoxy) is 6. The maximum Gasteiger partial charge on any atom is 0.306 e. The zero-order valence-electron chi connectivity index (χ0n) is 51.6. The van der Waals surface area contributed by atoms with Gasteiger partial charge < -0.3 is 54.0 Å². The first kappa shape index (κ1) is 74.2. The second-order valence-corrected chi connectivity index (χ2v) is 24.1. The molecule has 14 heteroatoms. The number of carbonyl (C=O) groups is 3. The average Bonchev–Trinajstić information content (AvgIpc) is 3.99. The van der Waals surface area contributed by atoms with Gasteiger partial charge in [0.1, 0.15) is 37.1 Å². The molecule has 0 saturated carbocycles. The van der Waals surface area contributed by atoms with Crippen molar-refractivity contribution in [3.63, 3.8) is 0 Å². The van der Waals surface area contributed by atoms with Gasteiger partial charge in [-0.05, 0) is 19.3 Å². The number of rotatable bonds is 56. The number of esters is 3. The Bertz CT molecular complexity index is 1450. The van der Waals surface area contributed by atoms with Crippen LogP contribution in [-0.2, 0) is 42.8 Å². The molecule has 5 N–H and O–H groups in total. The molecule has 2 saturated heterocycles. The van der Waals surface area contributed by atoms with Crippen LogP contribution in [0, 0.1) is 0 Å². The number of unbranched alkanes of at least 4 members (excludes halogenated alkanes) is 42. The molecule has 0 radical (unpaired) electrons. The summed E-state index contributed by atoms with van der Waals surface area (Å²) in [6, 6.07) is 0. The maximum atomic E-state index is 13.9. The van der Waals surface area contributed by atoms with Crippen LogP contribution >= 0.6 is 0 Å². The Morgan fingerprint density at radius 2 is 0.675 bits per heavy atom. The predicted octanol–water partition coefficient (Wildman–Crippen LogP) is 15.0. The first-order valence-electron chi connectivity index (χ1n) is 33.9. The Labute approximate surface area is 488 Å². The molecular weight excluding hydrogens is 1020 g/mol. The van der Waals surface area contributed by atoms with Crippen molar-refractivity contribution in [3.8, 4) is 0 Å². The lowest BCUT2D eigenvalue weighted by atomic mass is 9.98. The first-order valence-corrected chi connectivity index (χ1v) is 33.9. The number of hydrogen-bond acceptors (Lipinski definition) is 14. The normalized spacial score (nSPS) is 22.9. The number of aliphatic hydroxyl groups excluding tert-OH is 5. The molecule has 0 aromatic heterocycles. The van der Waals surface area contributed by atoms with Gasteiger partial charge >= 0.3 is 17.9 Å². The molecule has 2 rings (SSSR count). The highest BCUT2D eigenvalue weighted by Gasteiger charge is 2.63. The van der Waals surface area contributed by atoms with E-state index in [0.717, 1.165) is 77.0 Å². The summed E-state index contributed by atoms with van der Waals surface area (Å²) < 4.78 is 36.5. The third-order valence-corrected chi connectivity index (χ3v) is 16.7. The standard InChI is InChI=1S/C66H124O14/c1-4-7-10-13-16-19-22-25-28-31-34-37-40-43-46-49-57(69)75-54-66(80-65-62(74)61(73)60(72)55(52-67)76-65)64(78-59(71)51-48-45-42-39-36-33-30-27-24-21-18-15-12-9-6-3)63(56(53-68)79-66)77-58(70)50-47-44-41-38-35-32-29-26-23-20-17-14-11-8-5-2/h55-56,60-65,67-68,72-74H,4-54H2,1-3H3/t55-,56-,60-,61+,62-,63-,64+,65-,66+/m1/s1. The second-order valence-electron chi connectivity index (χ2n) is 24.1. The molecule has 2 heterocycles. The van der Waals surface area contributed by atoms with Crippen molar-refractivity contribution in [3.05, 3.63) is 0 Å². The van der Waals surface area contributed by atoms with Crippen molar-refractivity contribution in [2.45, 2.75) is 384 Å². The largest absolute Gasteiger partial charge is 0.460 e. The second kappa shape index (κ2) is 50.4. The lowest BCUT2D eigenvalue weighted by Crippen LogP contribution is -2.63. The molecule has 2 fully saturated rings. The summed E-state index contributed by atoms with van der Waals surface area (Å²) in [5.41, 5.74) is 0. The molecule has 472 valence electrons. The molecule has 80 heavy (non-hydrogen) atoms. The molecule has 0 aliphatic carbocycles. The fourth-order valence-corrected chi connectivity index (χ4v) is 11.5. The van der Waals surface area contributed by atoms with Crippen LogP contribution in [0.15, 0.2) is 0 Å². The monoisotopic (exact) mass is 1140 g/mol.